The number of pyridine rings is 1. The van der Waals surface area contributed by atoms with Crippen molar-refractivity contribution in [2.45, 2.75) is 0 Å². The third-order valence-corrected chi connectivity index (χ3v) is 2.89. The second-order valence-electron chi connectivity index (χ2n) is 3.71. The molecule has 0 atom stereocenters. The van der Waals surface area contributed by atoms with Crippen LogP contribution in [-0.4, -0.2) is 9.91 Å². The molecule has 0 fully saturated rings. The van der Waals surface area contributed by atoms with E-state index in [1.165, 1.54) is 18.3 Å². The van der Waals surface area contributed by atoms with E-state index < -0.39 is 4.92 Å². The minimum absolute atomic E-state index is 0.00743. The molecule has 0 bridgehead atoms. The molecule has 1 heterocycles. The van der Waals surface area contributed by atoms with Gasteiger partial charge in [0.05, 0.1) is 32.9 Å². The van der Waals surface area contributed by atoms with Gasteiger partial charge in [-0.15, -0.1) is 0 Å². The third kappa shape index (κ3) is 2.84. The van der Waals surface area contributed by atoms with Crippen molar-refractivity contribution in [2.24, 2.45) is 0 Å². The summed E-state index contributed by atoms with van der Waals surface area (Å²) in [7, 11) is 0. The molecule has 0 saturated carbocycles. The highest BCUT2D eigenvalue weighted by atomic mass is 79.9. The molecule has 2 aromatic rings. The van der Waals surface area contributed by atoms with Gasteiger partial charge in [0.2, 0.25) is 11.6 Å². The number of hydrogen-bond acceptors (Lipinski definition) is 6. The summed E-state index contributed by atoms with van der Waals surface area (Å²) in [6.07, 6.45) is 1.37. The van der Waals surface area contributed by atoms with E-state index in [-0.39, 0.29) is 22.9 Å². The summed E-state index contributed by atoms with van der Waals surface area (Å²) >= 11 is 3.20. The summed E-state index contributed by atoms with van der Waals surface area (Å²) in [5.74, 6) is 0.138. The van der Waals surface area contributed by atoms with Crippen LogP contribution in [0.5, 0.6) is 11.6 Å². The van der Waals surface area contributed by atoms with Gasteiger partial charge < -0.3 is 10.5 Å². The van der Waals surface area contributed by atoms with Gasteiger partial charge in [-0.3, -0.25) is 10.1 Å². The number of halogens is 1. The van der Waals surface area contributed by atoms with Crippen molar-refractivity contribution in [3.63, 3.8) is 0 Å². The first-order valence-electron chi connectivity index (χ1n) is 5.28. The maximum atomic E-state index is 11.0. The highest BCUT2D eigenvalue weighted by molar-refractivity contribution is 9.10. The lowest BCUT2D eigenvalue weighted by molar-refractivity contribution is -0.385. The Kier molecular flexibility index (Phi) is 3.81. The maximum Gasteiger partial charge on any atom is 0.312 e. The quantitative estimate of drug-likeness (QED) is 0.681. The molecule has 0 spiro atoms. The van der Waals surface area contributed by atoms with Crippen LogP contribution in [0.15, 0.2) is 34.9 Å². The van der Waals surface area contributed by atoms with E-state index in [1.54, 1.807) is 6.07 Å². The summed E-state index contributed by atoms with van der Waals surface area (Å²) in [5.41, 5.74) is 5.84. The van der Waals surface area contributed by atoms with Crippen molar-refractivity contribution < 1.29 is 9.66 Å². The number of nitro benzene ring substituents is 1. The smallest absolute Gasteiger partial charge is 0.312 e. The Bertz CT molecular complexity index is 727. The number of nitrogen functional groups attached to an aromatic ring is 1. The Hall–Kier alpha value is -2.66. The molecule has 20 heavy (non-hydrogen) atoms. The molecule has 1 aromatic heterocycles. The monoisotopic (exact) mass is 334 g/mol. The predicted molar refractivity (Wildman–Crippen MR) is 74.2 cm³/mol. The van der Waals surface area contributed by atoms with Gasteiger partial charge in [-0.05, 0) is 34.1 Å². The largest absolute Gasteiger partial charge is 0.431 e. The van der Waals surface area contributed by atoms with Gasteiger partial charge in [0.1, 0.15) is 0 Å². The molecule has 0 amide bonds. The average Bonchev–Trinajstić information content (AvgIpc) is 2.42. The maximum absolute atomic E-state index is 11.0. The molecule has 0 unspecified atom stereocenters. The lowest BCUT2D eigenvalue weighted by Crippen LogP contribution is -1.97. The zero-order valence-corrected chi connectivity index (χ0v) is 11.5. The number of ether oxygens (including phenoxy) is 1. The molecular formula is C12H7BrN4O3. The molecule has 2 N–H and O–H groups in total. The number of nitro groups is 1. The molecule has 0 radical (unpaired) electrons. The molecule has 100 valence electrons. The summed E-state index contributed by atoms with van der Waals surface area (Å²) in [6, 6.07) is 7.31. The number of nitrogens with zero attached hydrogens (tertiary/aromatic N) is 3. The van der Waals surface area contributed by atoms with Crippen LogP contribution in [0.25, 0.3) is 0 Å². The lowest BCUT2D eigenvalue weighted by Gasteiger charge is -2.07. The van der Waals surface area contributed by atoms with Gasteiger partial charge in [-0.25, -0.2) is 4.98 Å². The highest BCUT2D eigenvalue weighted by Crippen LogP contribution is 2.34. The molecule has 0 aliphatic rings. The Morgan fingerprint density at radius 1 is 1.45 bits per heavy atom. The van der Waals surface area contributed by atoms with Gasteiger partial charge in [0.25, 0.3) is 0 Å². The predicted octanol–water partition coefficient (Wildman–Crippen LogP) is 3.00. The van der Waals surface area contributed by atoms with Crippen molar-refractivity contribution in [3.05, 3.63) is 50.6 Å². The molecule has 0 saturated heterocycles. The highest BCUT2D eigenvalue weighted by Gasteiger charge is 2.18. The minimum Gasteiger partial charge on any atom is -0.431 e. The number of hydrogen-bond donors (Lipinski definition) is 1. The fourth-order valence-electron chi connectivity index (χ4n) is 1.44. The Labute approximate surface area is 121 Å². The number of nitrogens with two attached hydrogens (primary N) is 1. The lowest BCUT2D eigenvalue weighted by atomic mass is 10.2. The topological polar surface area (TPSA) is 115 Å². The zero-order chi connectivity index (χ0) is 14.7. The summed E-state index contributed by atoms with van der Waals surface area (Å²) in [5, 5.41) is 19.7. The van der Waals surface area contributed by atoms with Crippen LogP contribution in [0.2, 0.25) is 0 Å². The van der Waals surface area contributed by atoms with Crippen molar-refractivity contribution in [1.29, 1.82) is 5.26 Å². The van der Waals surface area contributed by atoms with Gasteiger partial charge >= 0.3 is 5.69 Å². The van der Waals surface area contributed by atoms with E-state index in [4.69, 9.17) is 15.7 Å². The van der Waals surface area contributed by atoms with Crippen molar-refractivity contribution in [2.75, 3.05) is 5.73 Å². The first kappa shape index (κ1) is 13.8. The Morgan fingerprint density at radius 2 is 2.20 bits per heavy atom. The Morgan fingerprint density at radius 3 is 2.80 bits per heavy atom. The number of benzene rings is 1. The number of nitriles is 1. The van der Waals surface area contributed by atoms with Gasteiger partial charge in [-0.2, -0.15) is 5.26 Å². The van der Waals surface area contributed by atoms with E-state index in [0.29, 0.717) is 10.2 Å². The van der Waals surface area contributed by atoms with E-state index in [1.807, 2.05) is 6.07 Å². The Balaban J connectivity index is 2.43. The van der Waals surface area contributed by atoms with Crippen LogP contribution in [0.1, 0.15) is 5.56 Å². The van der Waals surface area contributed by atoms with Gasteiger partial charge in [0.15, 0.2) is 0 Å². The summed E-state index contributed by atoms with van der Waals surface area (Å²) < 4.78 is 5.86. The first-order valence-corrected chi connectivity index (χ1v) is 6.08. The van der Waals surface area contributed by atoms with Crippen molar-refractivity contribution >= 4 is 27.3 Å². The van der Waals surface area contributed by atoms with Crippen LogP contribution in [-0.2, 0) is 0 Å². The molecule has 0 aliphatic carbocycles. The van der Waals surface area contributed by atoms with Crippen molar-refractivity contribution in [3.8, 4) is 17.7 Å². The fourth-order valence-corrected chi connectivity index (χ4v) is 1.88. The molecule has 2 rings (SSSR count). The average molecular weight is 335 g/mol. The standard InChI is InChI=1S/C12H7BrN4O3/c13-9-4-8(15)6-16-12(9)20-11-2-1-7(5-14)3-10(11)17(18)19/h1-4,6H,15H2. The van der Waals surface area contributed by atoms with E-state index in [0.717, 1.165) is 6.07 Å². The van der Waals surface area contributed by atoms with E-state index in [9.17, 15) is 10.1 Å². The van der Waals surface area contributed by atoms with Crippen LogP contribution in [0.3, 0.4) is 0 Å². The first-order chi connectivity index (χ1) is 9.51. The fraction of sp³-hybridized carbons (Fsp3) is 0. The SMILES string of the molecule is N#Cc1ccc(Oc2ncc(N)cc2Br)c([N+](=O)[O-])c1. The van der Waals surface area contributed by atoms with Crippen LogP contribution < -0.4 is 10.5 Å². The molecule has 1 aromatic carbocycles. The normalized spacial score (nSPS) is 9.80. The molecular weight excluding hydrogens is 328 g/mol. The molecule has 0 aliphatic heterocycles. The number of anilines is 1. The minimum atomic E-state index is -0.624. The molecule has 7 nitrogen and oxygen atoms in total. The summed E-state index contributed by atoms with van der Waals surface area (Å²) in [6.45, 7) is 0. The molecule has 8 heteroatoms. The van der Waals surface area contributed by atoms with Crippen molar-refractivity contribution in [1.82, 2.24) is 4.98 Å². The van der Waals surface area contributed by atoms with Gasteiger partial charge in [-0.1, -0.05) is 0 Å². The number of aromatic nitrogens is 1. The van der Waals surface area contributed by atoms with Crippen LogP contribution in [0, 0.1) is 21.4 Å². The third-order valence-electron chi connectivity index (χ3n) is 2.32. The second-order valence-corrected chi connectivity index (χ2v) is 4.56. The van der Waals surface area contributed by atoms with Gasteiger partial charge in [0, 0.05) is 6.07 Å². The van der Waals surface area contributed by atoms with E-state index in [2.05, 4.69) is 20.9 Å². The van der Waals surface area contributed by atoms with Crippen LogP contribution >= 0.6 is 15.9 Å². The van der Waals surface area contributed by atoms with E-state index >= 15 is 0 Å². The zero-order valence-electron chi connectivity index (χ0n) is 9.91. The second kappa shape index (κ2) is 5.54. The summed E-state index contributed by atoms with van der Waals surface area (Å²) in [4.78, 5) is 14.3. The van der Waals surface area contributed by atoms with Crippen LogP contribution in [0.4, 0.5) is 11.4 Å². The number of rotatable bonds is 3.